The van der Waals surface area contributed by atoms with Crippen molar-refractivity contribution in [2.75, 3.05) is 13.2 Å². The summed E-state index contributed by atoms with van der Waals surface area (Å²) in [5.74, 6) is -0.893. The number of phosphoric ester groups is 1. The summed E-state index contributed by atoms with van der Waals surface area (Å²) in [4.78, 5) is 42.9. The summed E-state index contributed by atoms with van der Waals surface area (Å²) in [5.41, 5.74) is 0. The standard InChI is InChI=1S/C43H81O8P/c1-3-5-7-9-11-13-15-17-19-20-21-22-24-26-28-30-32-34-36-38-43(45)51-41(40-50-52(46,47)48)39-49-42(44)37-35-33-31-29-27-25-23-18-16-14-12-10-8-6-4-2/h18,20-21,23,41H,3-17,19,22,24-40H2,1-2H3,(H2,46,47,48)/b21-20-,23-18-/t41-/m1/s1. The first-order chi connectivity index (χ1) is 25.3. The van der Waals surface area contributed by atoms with Gasteiger partial charge < -0.3 is 19.3 Å². The zero-order chi connectivity index (χ0) is 38.2. The maximum atomic E-state index is 12.4. The fourth-order valence-electron chi connectivity index (χ4n) is 6.19. The fourth-order valence-corrected chi connectivity index (χ4v) is 6.55. The molecule has 2 N–H and O–H groups in total. The number of unbranched alkanes of at least 4 members (excludes halogenated alkanes) is 26. The van der Waals surface area contributed by atoms with E-state index in [1.165, 1.54) is 122 Å². The summed E-state index contributed by atoms with van der Waals surface area (Å²) in [6.45, 7) is 3.68. The van der Waals surface area contributed by atoms with Crippen molar-refractivity contribution in [1.29, 1.82) is 0 Å². The molecule has 52 heavy (non-hydrogen) atoms. The van der Waals surface area contributed by atoms with Crippen LogP contribution in [-0.2, 0) is 28.2 Å². The Bertz CT molecular complexity index is 900. The number of esters is 2. The zero-order valence-electron chi connectivity index (χ0n) is 33.7. The zero-order valence-corrected chi connectivity index (χ0v) is 34.6. The van der Waals surface area contributed by atoms with Crippen LogP contribution in [0.2, 0.25) is 0 Å². The second-order valence-electron chi connectivity index (χ2n) is 14.7. The number of rotatable bonds is 40. The van der Waals surface area contributed by atoms with E-state index < -0.39 is 32.5 Å². The van der Waals surface area contributed by atoms with E-state index >= 15 is 0 Å². The summed E-state index contributed by atoms with van der Waals surface area (Å²) in [6.07, 6.45) is 44.7. The highest BCUT2D eigenvalue weighted by Gasteiger charge is 2.22. The molecule has 0 aliphatic heterocycles. The van der Waals surface area contributed by atoms with Crippen molar-refractivity contribution in [3.8, 4) is 0 Å². The molecule has 0 heterocycles. The predicted octanol–water partition coefficient (Wildman–Crippen LogP) is 13.2. The molecule has 0 aromatic heterocycles. The maximum absolute atomic E-state index is 12.4. The number of carbonyl (C=O) groups excluding carboxylic acids is 2. The molecule has 0 fully saturated rings. The first-order valence-corrected chi connectivity index (χ1v) is 23.2. The molecule has 8 nitrogen and oxygen atoms in total. The van der Waals surface area contributed by atoms with Crippen LogP contribution < -0.4 is 0 Å². The van der Waals surface area contributed by atoms with Gasteiger partial charge in [0.05, 0.1) is 6.61 Å². The molecule has 0 unspecified atom stereocenters. The monoisotopic (exact) mass is 757 g/mol. The minimum atomic E-state index is -4.75. The van der Waals surface area contributed by atoms with Gasteiger partial charge in [-0.25, -0.2) is 4.57 Å². The number of allylic oxidation sites excluding steroid dienone is 4. The Kier molecular flexibility index (Phi) is 38.1. The van der Waals surface area contributed by atoms with Crippen LogP contribution in [0.5, 0.6) is 0 Å². The van der Waals surface area contributed by atoms with Crippen LogP contribution in [0.1, 0.15) is 219 Å². The molecule has 0 rings (SSSR count). The molecule has 9 heteroatoms. The lowest BCUT2D eigenvalue weighted by Gasteiger charge is -2.18. The molecule has 0 radical (unpaired) electrons. The summed E-state index contributed by atoms with van der Waals surface area (Å²) in [7, 11) is -4.75. The molecule has 0 aliphatic carbocycles. The topological polar surface area (TPSA) is 119 Å². The fraction of sp³-hybridized carbons (Fsp3) is 0.860. The summed E-state index contributed by atoms with van der Waals surface area (Å²) in [5, 5.41) is 0. The van der Waals surface area contributed by atoms with Crippen molar-refractivity contribution in [3.05, 3.63) is 24.3 Å². The molecular formula is C43H81O8P. The van der Waals surface area contributed by atoms with E-state index in [1.54, 1.807) is 0 Å². The van der Waals surface area contributed by atoms with Gasteiger partial charge in [-0.2, -0.15) is 0 Å². The van der Waals surface area contributed by atoms with Crippen LogP contribution in [0.3, 0.4) is 0 Å². The second-order valence-corrected chi connectivity index (χ2v) is 15.9. The van der Waals surface area contributed by atoms with Crippen LogP contribution in [0.15, 0.2) is 24.3 Å². The van der Waals surface area contributed by atoms with Gasteiger partial charge in [0.2, 0.25) is 0 Å². The van der Waals surface area contributed by atoms with Gasteiger partial charge in [0.25, 0.3) is 0 Å². The molecule has 0 saturated heterocycles. The Morgan fingerprint density at radius 2 is 0.808 bits per heavy atom. The van der Waals surface area contributed by atoms with Gasteiger partial charge in [0, 0.05) is 12.8 Å². The smallest absolute Gasteiger partial charge is 0.462 e. The Balaban J connectivity index is 3.90. The van der Waals surface area contributed by atoms with Gasteiger partial charge in [-0.3, -0.25) is 14.1 Å². The summed E-state index contributed by atoms with van der Waals surface area (Å²) >= 11 is 0. The van der Waals surface area contributed by atoms with E-state index in [2.05, 4.69) is 42.7 Å². The molecule has 0 saturated carbocycles. The van der Waals surface area contributed by atoms with Crippen LogP contribution in [0, 0.1) is 0 Å². The number of carbonyl (C=O) groups is 2. The third-order valence-electron chi connectivity index (χ3n) is 9.44. The van der Waals surface area contributed by atoms with Gasteiger partial charge in [-0.1, -0.05) is 167 Å². The largest absolute Gasteiger partial charge is 0.469 e. The van der Waals surface area contributed by atoms with Crippen molar-refractivity contribution >= 4 is 19.8 Å². The molecule has 0 bridgehead atoms. The minimum absolute atomic E-state index is 0.207. The second kappa shape index (κ2) is 39.2. The predicted molar refractivity (Wildman–Crippen MR) is 216 cm³/mol. The molecule has 306 valence electrons. The maximum Gasteiger partial charge on any atom is 0.469 e. The molecular weight excluding hydrogens is 675 g/mol. The molecule has 0 aliphatic rings. The first-order valence-electron chi connectivity index (χ1n) is 21.6. The average Bonchev–Trinajstić information content (AvgIpc) is 3.11. The lowest BCUT2D eigenvalue weighted by Crippen LogP contribution is -2.29. The van der Waals surface area contributed by atoms with Gasteiger partial charge in [0.1, 0.15) is 6.61 Å². The van der Waals surface area contributed by atoms with Crippen LogP contribution in [0.4, 0.5) is 0 Å². The van der Waals surface area contributed by atoms with Gasteiger partial charge in [-0.05, 0) is 64.2 Å². The normalized spacial score (nSPS) is 12.6. The lowest BCUT2D eigenvalue weighted by atomic mass is 10.1. The molecule has 1 atom stereocenters. The lowest BCUT2D eigenvalue weighted by molar-refractivity contribution is -0.161. The SMILES string of the molecule is CCCCCCCC/C=C\CCCCCCCC(=O)OC[C@H](COP(=O)(O)O)OC(=O)CCCCCCCCC/C=C\CCCCCCCCCC. The number of phosphoric acid groups is 1. The van der Waals surface area contributed by atoms with Crippen LogP contribution in [0.25, 0.3) is 0 Å². The third-order valence-corrected chi connectivity index (χ3v) is 9.93. The highest BCUT2D eigenvalue weighted by atomic mass is 31.2. The Morgan fingerprint density at radius 3 is 1.17 bits per heavy atom. The molecule has 0 aromatic carbocycles. The Hall–Kier alpha value is -1.47. The number of ether oxygens (including phenoxy) is 2. The highest BCUT2D eigenvalue weighted by molar-refractivity contribution is 7.46. The highest BCUT2D eigenvalue weighted by Crippen LogP contribution is 2.36. The quantitative estimate of drug-likeness (QED) is 0.0274. The average molecular weight is 757 g/mol. The third kappa shape index (κ3) is 41.3. The van der Waals surface area contributed by atoms with Crippen molar-refractivity contribution < 1.29 is 37.9 Å². The van der Waals surface area contributed by atoms with Gasteiger partial charge in [-0.15, -0.1) is 0 Å². The van der Waals surface area contributed by atoms with E-state index in [0.717, 1.165) is 57.8 Å². The number of hydrogen-bond acceptors (Lipinski definition) is 6. The Morgan fingerprint density at radius 1 is 0.481 bits per heavy atom. The summed E-state index contributed by atoms with van der Waals surface area (Å²) < 4.78 is 26.4. The van der Waals surface area contributed by atoms with Crippen molar-refractivity contribution in [2.45, 2.75) is 225 Å². The van der Waals surface area contributed by atoms with Crippen molar-refractivity contribution in [2.24, 2.45) is 0 Å². The summed E-state index contributed by atoms with van der Waals surface area (Å²) in [6, 6.07) is 0. The van der Waals surface area contributed by atoms with Crippen LogP contribution in [-0.4, -0.2) is 41.0 Å². The minimum Gasteiger partial charge on any atom is -0.462 e. The van der Waals surface area contributed by atoms with E-state index in [1.807, 2.05) is 0 Å². The van der Waals surface area contributed by atoms with E-state index in [-0.39, 0.29) is 19.4 Å². The molecule has 0 amide bonds. The first kappa shape index (κ1) is 50.5. The van der Waals surface area contributed by atoms with Gasteiger partial charge in [0.15, 0.2) is 6.10 Å². The van der Waals surface area contributed by atoms with Gasteiger partial charge >= 0.3 is 19.8 Å². The van der Waals surface area contributed by atoms with Crippen LogP contribution >= 0.6 is 7.82 Å². The van der Waals surface area contributed by atoms with Crippen molar-refractivity contribution in [3.63, 3.8) is 0 Å². The van der Waals surface area contributed by atoms with E-state index in [4.69, 9.17) is 19.3 Å². The van der Waals surface area contributed by atoms with E-state index in [9.17, 15) is 14.2 Å². The van der Waals surface area contributed by atoms with E-state index in [0.29, 0.717) is 12.8 Å². The molecule has 0 aromatic rings. The molecule has 0 spiro atoms. The van der Waals surface area contributed by atoms with Crippen molar-refractivity contribution in [1.82, 2.24) is 0 Å². The Labute approximate surface area is 319 Å². The number of hydrogen-bond donors (Lipinski definition) is 2.